The van der Waals surface area contributed by atoms with Gasteiger partial charge in [0.25, 0.3) is 0 Å². The van der Waals surface area contributed by atoms with Gasteiger partial charge in [-0.1, -0.05) is 6.92 Å². The van der Waals surface area contributed by atoms with Crippen LogP contribution in [0.15, 0.2) is 10.6 Å². The summed E-state index contributed by atoms with van der Waals surface area (Å²) in [6.07, 6.45) is 0.0414. The van der Waals surface area contributed by atoms with Crippen LogP contribution in [0.4, 0.5) is 0 Å². The van der Waals surface area contributed by atoms with Crippen LogP contribution >= 0.6 is 11.8 Å². The molecule has 0 aromatic heterocycles. The quantitative estimate of drug-likeness (QED) is 0.132. The van der Waals surface area contributed by atoms with Crippen molar-refractivity contribution in [3.05, 3.63) is 10.6 Å². The Labute approximate surface area is 220 Å². The molecule has 8 N–H and O–H groups in total. The molecular formula is C23H38N8O5S. The van der Waals surface area contributed by atoms with E-state index in [0.29, 0.717) is 44.0 Å². The summed E-state index contributed by atoms with van der Waals surface area (Å²) in [7, 11) is 1.67. The highest BCUT2D eigenvalue weighted by molar-refractivity contribution is 8.03. The maximum absolute atomic E-state index is 13.1. The molecule has 4 aliphatic rings. The minimum Gasteiger partial charge on any atom is -0.477 e. The van der Waals surface area contributed by atoms with Crippen molar-refractivity contribution in [2.45, 2.75) is 49.9 Å². The first kappa shape index (κ1) is 27.8. The Balaban J connectivity index is 1.39. The third-order valence-corrected chi connectivity index (χ3v) is 9.30. The summed E-state index contributed by atoms with van der Waals surface area (Å²) in [5, 5.41) is 18.9. The summed E-state index contributed by atoms with van der Waals surface area (Å²) in [5.74, 6) is -2.27. The van der Waals surface area contributed by atoms with E-state index in [-0.39, 0.29) is 53.2 Å². The lowest BCUT2D eigenvalue weighted by atomic mass is 9.78. The van der Waals surface area contributed by atoms with Crippen LogP contribution in [0.2, 0.25) is 0 Å². The standard InChI is InChI=1S/C23H38N8O5S/c1-11-17-16(12(2)28-15(32)10-26-3)21(34)31(17)18(22(35)36)19(11)37-13-8-14(27-9-13)20(33)29-4-6-30(7-5-29)23(24)25/h11-14,16-17,23,26-27H,4-10,24-25H2,1-3H3,(H,28,32)(H,35,36)/t11?,12-,13+,14?,16-,17-/m1/s1. The summed E-state index contributed by atoms with van der Waals surface area (Å²) in [4.78, 5) is 56.1. The minimum absolute atomic E-state index is 0.000454. The van der Waals surface area contributed by atoms with E-state index in [1.54, 1.807) is 14.0 Å². The Morgan fingerprint density at radius 1 is 1.22 bits per heavy atom. The van der Waals surface area contributed by atoms with Crippen molar-refractivity contribution in [2.75, 3.05) is 46.3 Å². The van der Waals surface area contributed by atoms with Gasteiger partial charge in [-0.25, -0.2) is 4.79 Å². The van der Waals surface area contributed by atoms with Gasteiger partial charge in [0.15, 0.2) is 0 Å². The molecule has 0 saturated carbocycles. The maximum Gasteiger partial charge on any atom is 0.353 e. The van der Waals surface area contributed by atoms with Crippen LogP contribution in [0.5, 0.6) is 0 Å². The van der Waals surface area contributed by atoms with Crippen molar-refractivity contribution in [3.63, 3.8) is 0 Å². The van der Waals surface area contributed by atoms with Gasteiger partial charge in [-0.05, 0) is 20.4 Å². The number of nitrogens with one attached hydrogen (secondary N) is 3. The zero-order valence-corrected chi connectivity index (χ0v) is 22.3. The van der Waals surface area contributed by atoms with Gasteiger partial charge in [-0.3, -0.25) is 19.3 Å². The Morgan fingerprint density at radius 2 is 1.89 bits per heavy atom. The number of nitrogens with two attached hydrogens (primary N) is 2. The van der Waals surface area contributed by atoms with Crippen LogP contribution in [-0.4, -0.2) is 119 Å². The van der Waals surface area contributed by atoms with E-state index in [1.807, 2.05) is 16.7 Å². The Kier molecular flexibility index (Phi) is 8.45. The average molecular weight is 539 g/mol. The van der Waals surface area contributed by atoms with E-state index in [0.717, 1.165) is 0 Å². The van der Waals surface area contributed by atoms with Crippen LogP contribution in [0.25, 0.3) is 0 Å². The largest absolute Gasteiger partial charge is 0.477 e. The molecule has 6 atom stereocenters. The number of carboxylic acid groups (broad SMARTS) is 1. The van der Waals surface area contributed by atoms with Crippen LogP contribution in [0, 0.1) is 11.8 Å². The minimum atomic E-state index is -1.13. The molecule has 0 bridgehead atoms. The molecule has 0 spiro atoms. The fourth-order valence-electron chi connectivity index (χ4n) is 5.87. The van der Waals surface area contributed by atoms with Gasteiger partial charge in [0.05, 0.1) is 24.5 Å². The van der Waals surface area contributed by atoms with Crippen molar-refractivity contribution in [1.82, 2.24) is 30.7 Å². The summed E-state index contributed by atoms with van der Waals surface area (Å²) in [6, 6.07) is -1.07. The molecule has 4 aliphatic heterocycles. The van der Waals surface area contributed by atoms with Crippen molar-refractivity contribution in [1.29, 1.82) is 0 Å². The van der Waals surface area contributed by atoms with E-state index in [2.05, 4.69) is 16.0 Å². The average Bonchev–Trinajstić information content (AvgIpc) is 3.40. The molecular weight excluding hydrogens is 500 g/mol. The van der Waals surface area contributed by atoms with Crippen LogP contribution in [-0.2, 0) is 19.2 Å². The topological polar surface area (TPSA) is 186 Å². The number of hydrogen-bond donors (Lipinski definition) is 6. The molecule has 37 heavy (non-hydrogen) atoms. The predicted molar refractivity (Wildman–Crippen MR) is 138 cm³/mol. The van der Waals surface area contributed by atoms with Crippen LogP contribution < -0.4 is 27.4 Å². The number of amides is 3. The molecule has 3 amide bonds. The highest BCUT2D eigenvalue weighted by atomic mass is 32.2. The number of β-lactam (4-membered cyclic amide) rings is 1. The van der Waals surface area contributed by atoms with Gasteiger partial charge in [-0.2, -0.15) is 0 Å². The number of rotatable bonds is 9. The predicted octanol–water partition coefficient (Wildman–Crippen LogP) is -2.71. The number of hydrogen-bond acceptors (Lipinski definition) is 10. The Hall–Kier alpha value is -2.23. The molecule has 13 nitrogen and oxygen atoms in total. The molecule has 4 heterocycles. The smallest absolute Gasteiger partial charge is 0.353 e. The van der Waals surface area contributed by atoms with Crippen LogP contribution in [0.3, 0.4) is 0 Å². The molecule has 0 aromatic carbocycles. The van der Waals surface area contributed by atoms with E-state index < -0.39 is 24.2 Å². The fraction of sp³-hybridized carbons (Fsp3) is 0.739. The molecule has 0 radical (unpaired) electrons. The molecule has 3 saturated heterocycles. The summed E-state index contributed by atoms with van der Waals surface area (Å²) >= 11 is 1.45. The molecule has 14 heteroatoms. The number of likely N-dealkylation sites (N-methyl/N-ethyl adjacent to an activating group) is 1. The molecule has 206 valence electrons. The van der Waals surface area contributed by atoms with Gasteiger partial charge in [0.2, 0.25) is 17.7 Å². The monoisotopic (exact) mass is 538 g/mol. The summed E-state index contributed by atoms with van der Waals surface area (Å²) in [6.45, 7) is 6.80. The molecule has 3 fully saturated rings. The SMILES string of the molecule is CNCC(=O)N[C@H](C)[C@H]1C(=O)N2C(C(=O)O)=C(S[C@@H]3CNC(C(=O)N4CCN(C(N)N)CC4)C3)C(C)[C@H]12. The number of thioether (sulfide) groups is 1. The van der Waals surface area contributed by atoms with Crippen molar-refractivity contribution in [3.8, 4) is 0 Å². The highest BCUT2D eigenvalue weighted by Crippen LogP contribution is 2.51. The van der Waals surface area contributed by atoms with E-state index in [4.69, 9.17) is 11.5 Å². The lowest BCUT2D eigenvalue weighted by Gasteiger charge is -2.47. The number of carbonyl (C=O) groups is 4. The number of carboxylic acids is 1. The summed E-state index contributed by atoms with van der Waals surface area (Å²) < 4.78 is 0. The second kappa shape index (κ2) is 11.3. The molecule has 0 aliphatic carbocycles. The van der Waals surface area contributed by atoms with Gasteiger partial charge in [-0.15, -0.1) is 11.8 Å². The third kappa shape index (κ3) is 5.36. The second-order valence-electron chi connectivity index (χ2n) is 10.2. The van der Waals surface area contributed by atoms with Crippen LogP contribution in [0.1, 0.15) is 20.3 Å². The normalized spacial score (nSPS) is 31.0. The zero-order valence-electron chi connectivity index (χ0n) is 21.5. The number of nitrogens with zero attached hydrogens (tertiary/aromatic N) is 3. The van der Waals surface area contributed by atoms with Crippen molar-refractivity contribution < 1.29 is 24.3 Å². The van der Waals surface area contributed by atoms with Gasteiger partial charge in [0, 0.05) is 54.8 Å². The number of fused-ring (bicyclic) bond motifs is 1. The first-order valence-corrected chi connectivity index (χ1v) is 13.6. The van der Waals surface area contributed by atoms with Crippen molar-refractivity contribution >= 4 is 35.5 Å². The molecule has 4 rings (SSSR count). The van der Waals surface area contributed by atoms with E-state index in [9.17, 15) is 24.3 Å². The number of carbonyl (C=O) groups excluding carboxylic acids is 3. The molecule has 0 aromatic rings. The Morgan fingerprint density at radius 3 is 2.49 bits per heavy atom. The van der Waals surface area contributed by atoms with E-state index >= 15 is 0 Å². The zero-order chi connectivity index (χ0) is 27.0. The first-order chi connectivity index (χ1) is 17.5. The fourth-order valence-corrected chi connectivity index (χ4v) is 7.35. The maximum atomic E-state index is 13.1. The van der Waals surface area contributed by atoms with E-state index in [1.165, 1.54) is 16.7 Å². The Bertz CT molecular complexity index is 969. The van der Waals surface area contributed by atoms with Crippen molar-refractivity contribution in [2.24, 2.45) is 23.3 Å². The lowest BCUT2D eigenvalue weighted by molar-refractivity contribution is -0.158. The second-order valence-corrected chi connectivity index (χ2v) is 11.5. The highest BCUT2D eigenvalue weighted by Gasteiger charge is 2.60. The third-order valence-electron chi connectivity index (χ3n) is 7.79. The number of aliphatic carboxylic acids is 1. The van der Waals surface area contributed by atoms with Gasteiger partial charge >= 0.3 is 5.97 Å². The van der Waals surface area contributed by atoms with Gasteiger partial charge in [0.1, 0.15) is 12.0 Å². The number of piperazine rings is 1. The first-order valence-electron chi connectivity index (χ1n) is 12.7. The molecule has 2 unspecified atom stereocenters. The summed E-state index contributed by atoms with van der Waals surface area (Å²) in [5.41, 5.74) is 11.5. The van der Waals surface area contributed by atoms with Gasteiger partial charge < -0.3 is 42.3 Å². The lowest BCUT2D eigenvalue weighted by Crippen LogP contribution is -2.66.